The molecular weight excluding hydrogens is 348 g/mol. The van der Waals surface area contributed by atoms with Gasteiger partial charge in [0.2, 0.25) is 0 Å². The number of amidine groups is 1. The predicted octanol–water partition coefficient (Wildman–Crippen LogP) is 1.55. The molecule has 1 amide bonds. The Hall–Kier alpha value is -1.38. The summed E-state index contributed by atoms with van der Waals surface area (Å²) < 4.78 is 28.9. The topological polar surface area (TPSA) is 76.0 Å². The van der Waals surface area contributed by atoms with Crippen LogP contribution in [0.3, 0.4) is 0 Å². The van der Waals surface area contributed by atoms with Crippen LogP contribution < -0.4 is 4.90 Å². The minimum atomic E-state index is -3.06. The van der Waals surface area contributed by atoms with Crippen molar-refractivity contribution in [3.63, 3.8) is 0 Å². The van der Waals surface area contributed by atoms with E-state index in [0.717, 1.165) is 16.8 Å². The minimum absolute atomic E-state index is 0.0849. The van der Waals surface area contributed by atoms with Gasteiger partial charge in [0, 0.05) is 18.0 Å². The molecule has 2 atom stereocenters. The minimum Gasteiger partial charge on any atom is -0.375 e. The normalized spacial score (nSPS) is 26.8. The number of anilines is 1. The fourth-order valence-electron chi connectivity index (χ4n) is 3.22. The highest BCUT2D eigenvalue weighted by molar-refractivity contribution is 8.16. The average molecular weight is 368 g/mol. The van der Waals surface area contributed by atoms with E-state index >= 15 is 0 Å². The summed E-state index contributed by atoms with van der Waals surface area (Å²) in [6, 6.07) is 5.87. The number of carbonyl (C=O) groups is 1. The van der Waals surface area contributed by atoms with Crippen LogP contribution in [0.1, 0.15) is 11.1 Å². The van der Waals surface area contributed by atoms with Crippen molar-refractivity contribution in [2.24, 2.45) is 4.99 Å². The lowest BCUT2D eigenvalue weighted by molar-refractivity contribution is -0.121. The molecular formula is C16H20N2O4S2. The molecule has 0 aliphatic carbocycles. The smallest absolute Gasteiger partial charge is 0.274 e. The van der Waals surface area contributed by atoms with Crippen LogP contribution in [-0.4, -0.2) is 56.0 Å². The fourth-order valence-corrected chi connectivity index (χ4v) is 7.15. The first kappa shape index (κ1) is 17.4. The number of hydrogen-bond donors (Lipinski definition) is 0. The van der Waals surface area contributed by atoms with Gasteiger partial charge in [0.1, 0.15) is 6.61 Å². The second kappa shape index (κ2) is 6.50. The molecule has 0 spiro atoms. The number of benzene rings is 1. The number of fused-ring (bicyclic) bond motifs is 1. The van der Waals surface area contributed by atoms with Crippen LogP contribution in [0.5, 0.6) is 0 Å². The standard InChI is InChI=1S/C16H20N2O4S2/c1-10-4-11(2)6-12(5-10)18-13-8-24(20,21)9-14(13)23-16(18)17-15(19)7-22-3/h4-6,13-14H,7-9H2,1-3H3/t13-,14+/m1/s1. The molecule has 0 unspecified atom stereocenters. The Morgan fingerprint density at radius 2 is 1.96 bits per heavy atom. The van der Waals surface area contributed by atoms with Gasteiger partial charge in [-0.1, -0.05) is 17.8 Å². The molecule has 2 fully saturated rings. The van der Waals surface area contributed by atoms with Crippen LogP contribution in [0.4, 0.5) is 5.69 Å². The Kier molecular flexibility index (Phi) is 4.72. The highest BCUT2D eigenvalue weighted by atomic mass is 32.2. The van der Waals surface area contributed by atoms with Crippen molar-refractivity contribution in [1.29, 1.82) is 0 Å². The van der Waals surface area contributed by atoms with Gasteiger partial charge in [0.15, 0.2) is 15.0 Å². The Balaban J connectivity index is 2.02. The van der Waals surface area contributed by atoms with E-state index in [1.54, 1.807) is 0 Å². The van der Waals surface area contributed by atoms with Gasteiger partial charge >= 0.3 is 0 Å². The Morgan fingerprint density at radius 3 is 2.58 bits per heavy atom. The quantitative estimate of drug-likeness (QED) is 0.806. The van der Waals surface area contributed by atoms with Crippen molar-refractivity contribution >= 4 is 38.4 Å². The van der Waals surface area contributed by atoms with Crippen molar-refractivity contribution in [2.45, 2.75) is 25.1 Å². The lowest BCUT2D eigenvalue weighted by Crippen LogP contribution is -2.38. The Labute approximate surface area is 146 Å². The van der Waals surface area contributed by atoms with E-state index in [9.17, 15) is 13.2 Å². The number of aryl methyl sites for hydroxylation is 2. The van der Waals surface area contributed by atoms with Crippen LogP contribution in [0.15, 0.2) is 23.2 Å². The summed E-state index contributed by atoms with van der Waals surface area (Å²) in [6.07, 6.45) is 0. The number of amides is 1. The lowest BCUT2D eigenvalue weighted by atomic mass is 10.1. The molecule has 1 aromatic rings. The van der Waals surface area contributed by atoms with Crippen LogP contribution in [-0.2, 0) is 19.4 Å². The summed E-state index contributed by atoms with van der Waals surface area (Å²) in [6.45, 7) is 3.91. The summed E-state index contributed by atoms with van der Waals surface area (Å²) >= 11 is 1.37. The molecule has 2 aliphatic heterocycles. The zero-order valence-electron chi connectivity index (χ0n) is 13.9. The van der Waals surface area contributed by atoms with Gasteiger partial charge in [-0.15, -0.1) is 0 Å². The summed E-state index contributed by atoms with van der Waals surface area (Å²) in [4.78, 5) is 18.0. The zero-order chi connectivity index (χ0) is 17.5. The van der Waals surface area contributed by atoms with Crippen LogP contribution in [0.25, 0.3) is 0 Å². The molecule has 0 aromatic heterocycles. The van der Waals surface area contributed by atoms with Crippen LogP contribution in [0, 0.1) is 13.8 Å². The molecule has 2 saturated heterocycles. The van der Waals surface area contributed by atoms with Crippen LogP contribution >= 0.6 is 11.8 Å². The number of hydrogen-bond acceptors (Lipinski definition) is 5. The molecule has 3 rings (SSSR count). The molecule has 24 heavy (non-hydrogen) atoms. The van der Waals surface area contributed by atoms with Gasteiger partial charge in [0.25, 0.3) is 5.91 Å². The maximum atomic E-state index is 12.0. The lowest BCUT2D eigenvalue weighted by Gasteiger charge is -2.25. The van der Waals surface area contributed by atoms with Gasteiger partial charge in [-0.05, 0) is 37.1 Å². The highest BCUT2D eigenvalue weighted by Gasteiger charge is 2.49. The maximum absolute atomic E-state index is 12.0. The summed E-state index contributed by atoms with van der Waals surface area (Å²) in [5, 5.41) is 0.469. The second-order valence-corrected chi connectivity index (χ2v) is 9.60. The molecule has 8 heteroatoms. The predicted molar refractivity (Wildman–Crippen MR) is 96.5 cm³/mol. The monoisotopic (exact) mass is 368 g/mol. The molecule has 2 aliphatic rings. The summed E-state index contributed by atoms with van der Waals surface area (Å²) in [7, 11) is -1.61. The average Bonchev–Trinajstić information content (AvgIpc) is 2.88. The van der Waals surface area contributed by atoms with Crippen LogP contribution in [0.2, 0.25) is 0 Å². The van der Waals surface area contributed by atoms with E-state index in [2.05, 4.69) is 11.1 Å². The second-order valence-electron chi connectivity index (χ2n) is 6.24. The first-order valence-corrected chi connectivity index (χ1v) is 10.3. The number of nitrogens with zero attached hydrogens (tertiary/aromatic N) is 2. The SMILES string of the molecule is COCC(=O)N=C1S[C@H]2CS(=O)(=O)C[C@H]2N1c1cc(C)cc(C)c1. The maximum Gasteiger partial charge on any atom is 0.274 e. The number of sulfone groups is 1. The van der Waals surface area contributed by atoms with E-state index in [1.165, 1.54) is 18.9 Å². The molecule has 0 N–H and O–H groups in total. The highest BCUT2D eigenvalue weighted by Crippen LogP contribution is 2.41. The van der Waals surface area contributed by atoms with Gasteiger partial charge in [-0.25, -0.2) is 8.42 Å². The Bertz CT molecular complexity index is 784. The third-order valence-electron chi connectivity index (χ3n) is 4.04. The number of aliphatic imine (C=N–C) groups is 1. The molecule has 0 saturated carbocycles. The first-order chi connectivity index (χ1) is 11.3. The van der Waals surface area contributed by atoms with Crippen molar-refractivity contribution in [3.05, 3.63) is 29.3 Å². The van der Waals surface area contributed by atoms with E-state index in [0.29, 0.717) is 5.17 Å². The van der Waals surface area contributed by atoms with Gasteiger partial charge in [-0.3, -0.25) is 4.79 Å². The fraction of sp³-hybridized carbons (Fsp3) is 0.500. The number of ether oxygens (including phenoxy) is 1. The Morgan fingerprint density at radius 1 is 1.29 bits per heavy atom. The number of carbonyl (C=O) groups excluding carboxylic acids is 1. The molecule has 0 radical (unpaired) electrons. The number of methoxy groups -OCH3 is 1. The van der Waals surface area contributed by atoms with Crippen molar-refractivity contribution in [3.8, 4) is 0 Å². The summed E-state index contributed by atoms with van der Waals surface area (Å²) in [5.74, 6) is -0.145. The van der Waals surface area contributed by atoms with E-state index in [1.807, 2.05) is 30.9 Å². The van der Waals surface area contributed by atoms with Crippen molar-refractivity contribution < 1.29 is 17.9 Å². The van der Waals surface area contributed by atoms with Gasteiger partial charge in [-0.2, -0.15) is 4.99 Å². The largest absolute Gasteiger partial charge is 0.375 e. The zero-order valence-corrected chi connectivity index (χ0v) is 15.5. The third-order valence-corrected chi connectivity index (χ3v) is 7.25. The van der Waals surface area contributed by atoms with Crippen molar-refractivity contribution in [1.82, 2.24) is 0 Å². The number of thioether (sulfide) groups is 1. The van der Waals surface area contributed by atoms with E-state index in [4.69, 9.17) is 4.74 Å². The molecule has 130 valence electrons. The molecule has 0 bridgehead atoms. The molecule has 1 aromatic carbocycles. The van der Waals surface area contributed by atoms with E-state index in [-0.39, 0.29) is 35.3 Å². The first-order valence-electron chi connectivity index (χ1n) is 7.64. The number of rotatable bonds is 3. The third kappa shape index (κ3) is 3.50. The van der Waals surface area contributed by atoms with Crippen molar-refractivity contribution in [2.75, 3.05) is 30.1 Å². The molecule has 2 heterocycles. The van der Waals surface area contributed by atoms with Gasteiger partial charge in [0.05, 0.1) is 17.5 Å². The van der Waals surface area contributed by atoms with E-state index < -0.39 is 9.84 Å². The van der Waals surface area contributed by atoms with Gasteiger partial charge < -0.3 is 9.64 Å². The summed E-state index contributed by atoms with van der Waals surface area (Å²) in [5.41, 5.74) is 3.05. The molecule has 6 nitrogen and oxygen atoms in total.